The zero-order valence-corrected chi connectivity index (χ0v) is 11.6. The van der Waals surface area contributed by atoms with E-state index in [4.69, 9.17) is 5.11 Å². The van der Waals surface area contributed by atoms with E-state index >= 15 is 0 Å². The number of anilines is 1. The normalized spacial score (nSPS) is 19.4. The zero-order valence-electron chi connectivity index (χ0n) is 9.40. The van der Waals surface area contributed by atoms with Gasteiger partial charge in [-0.25, -0.2) is 4.79 Å². The van der Waals surface area contributed by atoms with Crippen LogP contribution in [0, 0.1) is 9.49 Å². The second kappa shape index (κ2) is 5.68. The lowest BCUT2D eigenvalue weighted by Gasteiger charge is -2.17. The van der Waals surface area contributed by atoms with Gasteiger partial charge in [0.2, 0.25) is 0 Å². The summed E-state index contributed by atoms with van der Waals surface area (Å²) in [4.78, 5) is 13.6. The van der Waals surface area contributed by atoms with Crippen molar-refractivity contribution in [1.29, 1.82) is 0 Å². The van der Waals surface area contributed by atoms with Crippen LogP contribution in [0.1, 0.15) is 6.42 Å². The van der Waals surface area contributed by atoms with Crippen LogP contribution in [0.25, 0.3) is 0 Å². The minimum Gasteiger partial charge on any atom is -0.396 e. The highest BCUT2D eigenvalue weighted by atomic mass is 127. The molecular formula is C12H15IN2O2. The predicted octanol–water partition coefficient (Wildman–Crippen LogP) is 2.14. The summed E-state index contributed by atoms with van der Waals surface area (Å²) >= 11 is 2.23. The number of aliphatic hydroxyl groups excluding tert-OH is 1. The number of benzene rings is 1. The summed E-state index contributed by atoms with van der Waals surface area (Å²) in [6, 6.07) is 7.61. The summed E-state index contributed by atoms with van der Waals surface area (Å²) < 4.78 is 1.14. The number of carbonyl (C=O) groups excluding carboxylic acids is 1. The number of halogens is 1. The molecule has 4 nitrogen and oxygen atoms in total. The molecule has 2 N–H and O–H groups in total. The fourth-order valence-electron chi connectivity index (χ4n) is 1.90. The second-order valence-electron chi connectivity index (χ2n) is 4.22. The van der Waals surface area contributed by atoms with Crippen molar-refractivity contribution in [3.8, 4) is 0 Å². The minimum absolute atomic E-state index is 0.0813. The number of hydrogen-bond acceptors (Lipinski definition) is 2. The molecule has 17 heavy (non-hydrogen) atoms. The molecule has 1 unspecified atom stereocenters. The Balaban J connectivity index is 1.91. The first kappa shape index (κ1) is 12.6. The van der Waals surface area contributed by atoms with E-state index in [1.807, 2.05) is 24.3 Å². The summed E-state index contributed by atoms with van der Waals surface area (Å²) in [6.07, 6.45) is 0.886. The highest BCUT2D eigenvalue weighted by molar-refractivity contribution is 14.1. The van der Waals surface area contributed by atoms with E-state index in [0.717, 1.165) is 22.2 Å². The fraction of sp³-hybridized carbons (Fsp3) is 0.417. The molecule has 0 bridgehead atoms. The van der Waals surface area contributed by atoms with Gasteiger partial charge in [-0.2, -0.15) is 0 Å². The van der Waals surface area contributed by atoms with E-state index in [9.17, 15) is 4.79 Å². The molecule has 0 aliphatic carbocycles. The molecule has 1 fully saturated rings. The highest BCUT2D eigenvalue weighted by Gasteiger charge is 2.25. The number of likely N-dealkylation sites (tertiary alicyclic amines) is 1. The average Bonchev–Trinajstić information content (AvgIpc) is 2.81. The van der Waals surface area contributed by atoms with Gasteiger partial charge >= 0.3 is 6.03 Å². The standard InChI is InChI=1S/C12H15IN2O2/c13-10-1-3-11(4-2-10)14-12(17)15-6-5-9(7-15)8-16/h1-4,9,16H,5-8H2,(H,14,17). The lowest BCUT2D eigenvalue weighted by Crippen LogP contribution is -2.33. The molecule has 1 aromatic rings. The smallest absolute Gasteiger partial charge is 0.321 e. The maximum absolute atomic E-state index is 11.9. The van der Waals surface area contributed by atoms with Crippen molar-refractivity contribution in [2.75, 3.05) is 25.0 Å². The van der Waals surface area contributed by atoms with Crippen LogP contribution in [-0.2, 0) is 0 Å². The monoisotopic (exact) mass is 346 g/mol. The van der Waals surface area contributed by atoms with Crippen molar-refractivity contribution in [2.45, 2.75) is 6.42 Å². The van der Waals surface area contributed by atoms with Gasteiger partial charge in [-0.05, 0) is 53.3 Å². The Bertz CT molecular complexity index is 394. The lowest BCUT2D eigenvalue weighted by atomic mass is 10.1. The minimum atomic E-state index is -0.0813. The van der Waals surface area contributed by atoms with Crippen LogP contribution in [0.4, 0.5) is 10.5 Å². The third-order valence-electron chi connectivity index (χ3n) is 2.93. The number of nitrogens with one attached hydrogen (secondary N) is 1. The van der Waals surface area contributed by atoms with E-state index in [2.05, 4.69) is 27.9 Å². The number of urea groups is 1. The second-order valence-corrected chi connectivity index (χ2v) is 5.47. The molecule has 92 valence electrons. The molecule has 1 atom stereocenters. The topological polar surface area (TPSA) is 52.6 Å². The molecule has 1 heterocycles. The molecule has 1 aliphatic rings. The number of amides is 2. The molecule has 2 rings (SSSR count). The zero-order chi connectivity index (χ0) is 12.3. The number of aliphatic hydroxyl groups is 1. The SMILES string of the molecule is O=C(Nc1ccc(I)cc1)N1CCC(CO)C1. The van der Waals surface area contributed by atoms with Gasteiger partial charge in [0.25, 0.3) is 0 Å². The third-order valence-corrected chi connectivity index (χ3v) is 3.65. The Morgan fingerprint density at radius 2 is 2.18 bits per heavy atom. The molecule has 1 aromatic carbocycles. The van der Waals surface area contributed by atoms with Gasteiger partial charge in [0.1, 0.15) is 0 Å². The summed E-state index contributed by atoms with van der Waals surface area (Å²) in [5.74, 6) is 0.234. The van der Waals surface area contributed by atoms with Crippen molar-refractivity contribution in [3.05, 3.63) is 27.8 Å². The number of rotatable bonds is 2. The van der Waals surface area contributed by atoms with Crippen LogP contribution in [0.15, 0.2) is 24.3 Å². The van der Waals surface area contributed by atoms with Crippen LogP contribution in [0.3, 0.4) is 0 Å². The molecule has 5 heteroatoms. The largest absolute Gasteiger partial charge is 0.396 e. The first-order valence-corrected chi connectivity index (χ1v) is 6.69. The fourth-order valence-corrected chi connectivity index (χ4v) is 2.26. The third kappa shape index (κ3) is 3.32. The predicted molar refractivity (Wildman–Crippen MR) is 74.9 cm³/mol. The van der Waals surface area contributed by atoms with Crippen LogP contribution < -0.4 is 5.32 Å². The van der Waals surface area contributed by atoms with E-state index in [1.165, 1.54) is 0 Å². The molecule has 1 aliphatic heterocycles. The molecule has 0 spiro atoms. The number of carbonyl (C=O) groups is 1. The van der Waals surface area contributed by atoms with Gasteiger partial charge in [-0.15, -0.1) is 0 Å². The summed E-state index contributed by atoms with van der Waals surface area (Å²) in [6.45, 7) is 1.53. The van der Waals surface area contributed by atoms with Crippen molar-refractivity contribution >= 4 is 34.3 Å². The van der Waals surface area contributed by atoms with Crippen LogP contribution >= 0.6 is 22.6 Å². The number of hydrogen-bond donors (Lipinski definition) is 2. The summed E-state index contributed by atoms with van der Waals surface area (Å²) in [7, 11) is 0. The molecular weight excluding hydrogens is 331 g/mol. The lowest BCUT2D eigenvalue weighted by molar-refractivity contribution is 0.209. The summed E-state index contributed by atoms with van der Waals surface area (Å²) in [5, 5.41) is 11.9. The maximum atomic E-state index is 11.9. The Labute approximate surface area is 114 Å². The molecule has 2 amide bonds. The van der Waals surface area contributed by atoms with Gasteiger partial charge < -0.3 is 15.3 Å². The van der Waals surface area contributed by atoms with Crippen molar-refractivity contribution in [3.63, 3.8) is 0 Å². The number of nitrogens with zero attached hydrogens (tertiary/aromatic N) is 1. The van der Waals surface area contributed by atoms with E-state index in [-0.39, 0.29) is 18.6 Å². The van der Waals surface area contributed by atoms with Gasteiger partial charge in [0, 0.05) is 34.9 Å². The Hall–Kier alpha value is -0.820. The molecule has 0 aromatic heterocycles. The highest BCUT2D eigenvalue weighted by Crippen LogP contribution is 2.17. The van der Waals surface area contributed by atoms with Crippen molar-refractivity contribution in [2.24, 2.45) is 5.92 Å². The molecule has 0 saturated carbocycles. The van der Waals surface area contributed by atoms with Gasteiger partial charge in [-0.1, -0.05) is 0 Å². The van der Waals surface area contributed by atoms with Crippen LogP contribution in [-0.4, -0.2) is 35.7 Å². The summed E-state index contributed by atoms with van der Waals surface area (Å²) in [5.41, 5.74) is 0.808. The van der Waals surface area contributed by atoms with E-state index < -0.39 is 0 Å². The van der Waals surface area contributed by atoms with Crippen molar-refractivity contribution < 1.29 is 9.90 Å². The van der Waals surface area contributed by atoms with Crippen LogP contribution in [0.5, 0.6) is 0 Å². The first-order valence-electron chi connectivity index (χ1n) is 5.61. The Kier molecular flexibility index (Phi) is 4.22. The Morgan fingerprint density at radius 1 is 1.47 bits per heavy atom. The van der Waals surface area contributed by atoms with Gasteiger partial charge in [-0.3, -0.25) is 0 Å². The van der Waals surface area contributed by atoms with E-state index in [0.29, 0.717) is 6.54 Å². The molecule has 1 saturated heterocycles. The van der Waals surface area contributed by atoms with Crippen LogP contribution in [0.2, 0.25) is 0 Å². The van der Waals surface area contributed by atoms with Crippen molar-refractivity contribution in [1.82, 2.24) is 4.90 Å². The first-order chi connectivity index (χ1) is 8.19. The maximum Gasteiger partial charge on any atom is 0.321 e. The average molecular weight is 346 g/mol. The van der Waals surface area contributed by atoms with Gasteiger partial charge in [0.15, 0.2) is 0 Å². The molecule has 0 radical (unpaired) electrons. The van der Waals surface area contributed by atoms with Gasteiger partial charge in [0.05, 0.1) is 0 Å². The Morgan fingerprint density at radius 3 is 2.76 bits per heavy atom. The van der Waals surface area contributed by atoms with E-state index in [1.54, 1.807) is 4.90 Å². The quantitative estimate of drug-likeness (QED) is 0.807.